The van der Waals surface area contributed by atoms with Gasteiger partial charge in [-0.15, -0.1) is 0 Å². The van der Waals surface area contributed by atoms with E-state index in [2.05, 4.69) is 12.0 Å². The molecule has 0 fully saturated rings. The minimum atomic E-state index is -0.920. The lowest BCUT2D eigenvalue weighted by Gasteiger charge is -2.29. The summed E-state index contributed by atoms with van der Waals surface area (Å²) in [5.41, 5.74) is -0.149. The Morgan fingerprint density at radius 1 is 1.56 bits per heavy atom. The number of nitrogens with zero attached hydrogens (tertiary/aromatic N) is 2. The van der Waals surface area contributed by atoms with Gasteiger partial charge in [0, 0.05) is 6.54 Å². The second kappa shape index (κ2) is 4.87. The Labute approximate surface area is 97.2 Å². The second-order valence-corrected chi connectivity index (χ2v) is 4.59. The van der Waals surface area contributed by atoms with E-state index in [1.807, 2.05) is 25.5 Å². The Morgan fingerprint density at radius 3 is 2.62 bits per heavy atom. The average molecular weight is 226 g/mol. The topological polar surface area (TPSA) is 47.3 Å². The summed E-state index contributed by atoms with van der Waals surface area (Å²) in [6.07, 6.45) is 2.65. The van der Waals surface area contributed by atoms with Crippen molar-refractivity contribution < 1.29 is 9.84 Å². The summed E-state index contributed by atoms with van der Waals surface area (Å²) in [5.74, 6) is 0.765. The molecule has 0 radical (unpaired) electrons. The maximum Gasteiger partial charge on any atom is 0.162 e. The maximum atomic E-state index is 10.5. The van der Waals surface area contributed by atoms with Crippen molar-refractivity contribution in [2.24, 2.45) is 5.92 Å². The van der Waals surface area contributed by atoms with Gasteiger partial charge in [-0.05, 0) is 19.3 Å². The number of rotatable bonds is 5. The van der Waals surface area contributed by atoms with E-state index in [1.165, 1.54) is 0 Å². The minimum absolute atomic E-state index is 0.105. The van der Waals surface area contributed by atoms with Gasteiger partial charge in [0.1, 0.15) is 11.3 Å². The van der Waals surface area contributed by atoms with E-state index >= 15 is 0 Å². The quantitative estimate of drug-likeness (QED) is 0.837. The molecular weight excluding hydrogens is 204 g/mol. The Morgan fingerprint density at radius 2 is 2.19 bits per heavy atom. The summed E-state index contributed by atoms with van der Waals surface area (Å²) in [4.78, 5) is 0. The highest BCUT2D eigenvalue weighted by atomic mass is 16.5. The molecule has 0 spiro atoms. The summed E-state index contributed by atoms with van der Waals surface area (Å²) >= 11 is 0. The molecule has 0 saturated heterocycles. The van der Waals surface area contributed by atoms with Gasteiger partial charge in [-0.25, -0.2) is 0 Å². The molecular formula is C12H22N2O2. The van der Waals surface area contributed by atoms with Crippen molar-refractivity contribution in [3.05, 3.63) is 11.9 Å². The molecule has 16 heavy (non-hydrogen) atoms. The number of ether oxygens (including phenoxy) is 1. The fourth-order valence-corrected chi connectivity index (χ4v) is 1.68. The van der Waals surface area contributed by atoms with Gasteiger partial charge in [-0.1, -0.05) is 20.8 Å². The molecule has 1 heterocycles. The molecule has 0 saturated carbocycles. The van der Waals surface area contributed by atoms with Crippen LogP contribution < -0.4 is 4.74 Å². The normalized spacial score (nSPS) is 15.2. The zero-order chi connectivity index (χ0) is 12.3. The molecule has 1 atom stereocenters. The average Bonchev–Trinajstić information content (AvgIpc) is 2.61. The number of methoxy groups -OCH3 is 1. The Hall–Kier alpha value is -1.03. The van der Waals surface area contributed by atoms with Crippen molar-refractivity contribution in [2.75, 3.05) is 7.11 Å². The smallest absolute Gasteiger partial charge is 0.162 e. The standard InChI is InChI=1S/C12H22N2O2/c1-6-7-14-11(10(16-5)8-13-14)12(4,15)9(2)3/h8-9,15H,6-7H2,1-5H3. The van der Waals surface area contributed by atoms with Crippen LogP contribution in [0, 0.1) is 5.92 Å². The molecule has 4 heteroatoms. The van der Waals surface area contributed by atoms with Crippen LogP contribution in [0.5, 0.6) is 5.75 Å². The predicted molar refractivity (Wildman–Crippen MR) is 63.5 cm³/mol. The van der Waals surface area contributed by atoms with E-state index in [4.69, 9.17) is 4.74 Å². The number of hydrogen-bond acceptors (Lipinski definition) is 3. The van der Waals surface area contributed by atoms with Gasteiger partial charge >= 0.3 is 0 Å². The first-order valence-electron chi connectivity index (χ1n) is 5.77. The number of aromatic nitrogens is 2. The van der Waals surface area contributed by atoms with Gasteiger partial charge in [0.15, 0.2) is 5.75 Å². The molecule has 1 unspecified atom stereocenters. The lowest BCUT2D eigenvalue weighted by Crippen LogP contribution is -2.31. The van der Waals surface area contributed by atoms with Crippen molar-refractivity contribution in [3.8, 4) is 5.75 Å². The van der Waals surface area contributed by atoms with Crippen LogP contribution in [0.3, 0.4) is 0 Å². The van der Waals surface area contributed by atoms with Crippen molar-refractivity contribution >= 4 is 0 Å². The van der Waals surface area contributed by atoms with E-state index in [1.54, 1.807) is 13.3 Å². The van der Waals surface area contributed by atoms with E-state index < -0.39 is 5.60 Å². The first-order chi connectivity index (χ1) is 7.45. The molecule has 1 N–H and O–H groups in total. The van der Waals surface area contributed by atoms with Gasteiger partial charge in [-0.2, -0.15) is 5.10 Å². The monoisotopic (exact) mass is 226 g/mol. The second-order valence-electron chi connectivity index (χ2n) is 4.59. The number of aliphatic hydroxyl groups is 1. The van der Waals surface area contributed by atoms with Crippen LogP contribution in [0.4, 0.5) is 0 Å². The SMILES string of the molecule is CCCn1ncc(OC)c1C(C)(O)C(C)C. The maximum absolute atomic E-state index is 10.5. The van der Waals surface area contributed by atoms with Crippen LogP contribution in [0.25, 0.3) is 0 Å². The summed E-state index contributed by atoms with van der Waals surface area (Å²) in [6.45, 7) is 8.67. The van der Waals surface area contributed by atoms with E-state index in [9.17, 15) is 5.11 Å². The summed E-state index contributed by atoms with van der Waals surface area (Å²) < 4.78 is 7.10. The van der Waals surface area contributed by atoms with Crippen LogP contribution in [0.1, 0.15) is 39.8 Å². The van der Waals surface area contributed by atoms with Crippen molar-refractivity contribution in [2.45, 2.75) is 46.3 Å². The first-order valence-corrected chi connectivity index (χ1v) is 5.77. The lowest BCUT2D eigenvalue weighted by molar-refractivity contribution is -0.00166. The molecule has 1 aromatic rings. The molecule has 0 aliphatic carbocycles. The van der Waals surface area contributed by atoms with Gasteiger partial charge in [0.05, 0.1) is 13.3 Å². The Bertz CT molecular complexity index is 343. The molecule has 0 aliphatic rings. The van der Waals surface area contributed by atoms with Gasteiger partial charge in [0.2, 0.25) is 0 Å². The summed E-state index contributed by atoms with van der Waals surface area (Å²) in [6, 6.07) is 0. The van der Waals surface area contributed by atoms with Crippen LogP contribution in [-0.2, 0) is 12.1 Å². The largest absolute Gasteiger partial charge is 0.493 e. The highest BCUT2D eigenvalue weighted by Crippen LogP contribution is 2.35. The molecule has 0 aromatic carbocycles. The highest BCUT2D eigenvalue weighted by Gasteiger charge is 2.34. The molecule has 0 bridgehead atoms. The van der Waals surface area contributed by atoms with Crippen molar-refractivity contribution in [1.82, 2.24) is 9.78 Å². The number of hydrogen-bond donors (Lipinski definition) is 1. The third kappa shape index (κ3) is 2.21. The number of aryl methyl sites for hydroxylation is 1. The fraction of sp³-hybridized carbons (Fsp3) is 0.750. The molecule has 1 aromatic heterocycles. The molecule has 0 aliphatic heterocycles. The van der Waals surface area contributed by atoms with Crippen LogP contribution in [0.2, 0.25) is 0 Å². The van der Waals surface area contributed by atoms with E-state index in [0.29, 0.717) is 5.75 Å². The third-order valence-corrected chi connectivity index (χ3v) is 3.06. The van der Waals surface area contributed by atoms with Crippen LogP contribution in [0.15, 0.2) is 6.20 Å². The van der Waals surface area contributed by atoms with Gasteiger partial charge in [-0.3, -0.25) is 4.68 Å². The van der Waals surface area contributed by atoms with Crippen LogP contribution >= 0.6 is 0 Å². The summed E-state index contributed by atoms with van der Waals surface area (Å²) in [5, 5.41) is 14.8. The van der Waals surface area contributed by atoms with Crippen molar-refractivity contribution in [3.63, 3.8) is 0 Å². The van der Waals surface area contributed by atoms with Crippen LogP contribution in [-0.4, -0.2) is 22.0 Å². The van der Waals surface area contributed by atoms with E-state index in [0.717, 1.165) is 18.7 Å². The van der Waals surface area contributed by atoms with Gasteiger partial charge < -0.3 is 9.84 Å². The first kappa shape index (κ1) is 13.0. The zero-order valence-electron chi connectivity index (χ0n) is 10.8. The third-order valence-electron chi connectivity index (χ3n) is 3.06. The lowest BCUT2D eigenvalue weighted by atomic mass is 9.88. The highest BCUT2D eigenvalue weighted by molar-refractivity contribution is 5.30. The Kier molecular flexibility index (Phi) is 3.97. The van der Waals surface area contributed by atoms with E-state index in [-0.39, 0.29) is 5.92 Å². The zero-order valence-corrected chi connectivity index (χ0v) is 10.8. The fourth-order valence-electron chi connectivity index (χ4n) is 1.68. The Balaban J connectivity index is 3.22. The minimum Gasteiger partial charge on any atom is -0.493 e. The molecule has 0 amide bonds. The molecule has 4 nitrogen and oxygen atoms in total. The summed E-state index contributed by atoms with van der Waals surface area (Å²) in [7, 11) is 1.60. The van der Waals surface area contributed by atoms with Crippen molar-refractivity contribution in [1.29, 1.82) is 0 Å². The van der Waals surface area contributed by atoms with Gasteiger partial charge in [0.25, 0.3) is 0 Å². The molecule has 1 rings (SSSR count). The molecule has 92 valence electrons. The predicted octanol–water partition coefficient (Wildman–Crippen LogP) is 2.17.